The first-order valence-electron chi connectivity index (χ1n) is 9.61. The minimum atomic E-state index is -3.58. The molecule has 1 aromatic rings. The SMILES string of the molecule is COCCNS(=O)(=O)c1ccc(C(=O)N2CCC(NCC3CC3)CC2)cc1. The van der Waals surface area contributed by atoms with Crippen LogP contribution >= 0.6 is 0 Å². The van der Waals surface area contributed by atoms with Crippen molar-refractivity contribution in [2.75, 3.05) is 39.9 Å². The van der Waals surface area contributed by atoms with Crippen LogP contribution in [0.5, 0.6) is 0 Å². The van der Waals surface area contributed by atoms with E-state index in [1.54, 1.807) is 12.1 Å². The second kappa shape index (κ2) is 9.14. The third-order valence-corrected chi connectivity index (χ3v) is 6.66. The maximum atomic E-state index is 12.7. The molecule has 150 valence electrons. The molecule has 8 heteroatoms. The van der Waals surface area contributed by atoms with Gasteiger partial charge in [0.25, 0.3) is 5.91 Å². The van der Waals surface area contributed by atoms with Crippen LogP contribution in [0.1, 0.15) is 36.0 Å². The molecule has 0 aromatic heterocycles. The first-order valence-corrected chi connectivity index (χ1v) is 11.1. The molecular weight excluding hydrogens is 366 g/mol. The van der Waals surface area contributed by atoms with Gasteiger partial charge in [-0.25, -0.2) is 13.1 Å². The number of sulfonamides is 1. The van der Waals surface area contributed by atoms with Gasteiger partial charge in [0.2, 0.25) is 10.0 Å². The van der Waals surface area contributed by atoms with Gasteiger partial charge in [-0.05, 0) is 62.4 Å². The van der Waals surface area contributed by atoms with Crippen LogP contribution in [0.4, 0.5) is 0 Å². The summed E-state index contributed by atoms with van der Waals surface area (Å²) in [5.41, 5.74) is 0.523. The number of piperidine rings is 1. The average molecular weight is 396 g/mol. The zero-order valence-corrected chi connectivity index (χ0v) is 16.6. The van der Waals surface area contributed by atoms with E-state index in [1.807, 2.05) is 4.90 Å². The summed E-state index contributed by atoms with van der Waals surface area (Å²) >= 11 is 0. The van der Waals surface area contributed by atoms with Crippen molar-refractivity contribution in [1.29, 1.82) is 0 Å². The molecule has 1 heterocycles. The number of ether oxygens (including phenoxy) is 1. The van der Waals surface area contributed by atoms with Crippen molar-refractivity contribution in [3.63, 3.8) is 0 Å². The highest BCUT2D eigenvalue weighted by atomic mass is 32.2. The summed E-state index contributed by atoms with van der Waals surface area (Å²) in [4.78, 5) is 14.7. The van der Waals surface area contributed by atoms with Crippen molar-refractivity contribution >= 4 is 15.9 Å². The number of nitrogens with one attached hydrogen (secondary N) is 2. The minimum absolute atomic E-state index is 0.0352. The smallest absolute Gasteiger partial charge is 0.253 e. The first-order chi connectivity index (χ1) is 13.0. The van der Waals surface area contributed by atoms with Crippen LogP contribution < -0.4 is 10.0 Å². The fraction of sp³-hybridized carbons (Fsp3) is 0.632. The second-order valence-electron chi connectivity index (χ2n) is 7.33. The van der Waals surface area contributed by atoms with Crippen molar-refractivity contribution < 1.29 is 17.9 Å². The molecule has 1 saturated heterocycles. The van der Waals surface area contributed by atoms with Gasteiger partial charge in [0, 0.05) is 38.3 Å². The van der Waals surface area contributed by atoms with Gasteiger partial charge in [0.1, 0.15) is 0 Å². The Labute approximate surface area is 161 Å². The van der Waals surface area contributed by atoms with Crippen LogP contribution in [0.2, 0.25) is 0 Å². The zero-order chi connectivity index (χ0) is 19.3. The summed E-state index contributed by atoms with van der Waals surface area (Å²) in [7, 11) is -2.06. The minimum Gasteiger partial charge on any atom is -0.383 e. The van der Waals surface area contributed by atoms with Crippen molar-refractivity contribution in [3.8, 4) is 0 Å². The molecule has 0 radical (unpaired) electrons. The maximum Gasteiger partial charge on any atom is 0.253 e. The Morgan fingerprint density at radius 2 is 1.81 bits per heavy atom. The number of nitrogens with zero attached hydrogens (tertiary/aromatic N) is 1. The van der Waals surface area contributed by atoms with E-state index >= 15 is 0 Å². The summed E-state index contributed by atoms with van der Waals surface area (Å²) in [5.74, 6) is 0.829. The molecule has 1 saturated carbocycles. The van der Waals surface area contributed by atoms with Crippen LogP contribution in [-0.4, -0.2) is 65.2 Å². The van der Waals surface area contributed by atoms with Gasteiger partial charge in [-0.1, -0.05) is 0 Å². The lowest BCUT2D eigenvalue weighted by molar-refractivity contribution is 0.0705. The van der Waals surface area contributed by atoms with Gasteiger partial charge in [0.05, 0.1) is 11.5 Å². The Morgan fingerprint density at radius 3 is 2.41 bits per heavy atom. The van der Waals surface area contributed by atoms with Gasteiger partial charge in [0.15, 0.2) is 0 Å². The Hall–Kier alpha value is -1.48. The molecule has 0 bridgehead atoms. The number of amides is 1. The molecular formula is C19H29N3O4S. The Morgan fingerprint density at radius 1 is 1.15 bits per heavy atom. The number of carbonyl (C=O) groups excluding carboxylic acids is 1. The lowest BCUT2D eigenvalue weighted by Gasteiger charge is -2.32. The molecule has 1 aromatic carbocycles. The third kappa shape index (κ3) is 5.75. The molecule has 27 heavy (non-hydrogen) atoms. The summed E-state index contributed by atoms with van der Waals surface area (Å²) in [5, 5.41) is 3.61. The maximum absolute atomic E-state index is 12.7. The van der Waals surface area contributed by atoms with Crippen LogP contribution in [0.3, 0.4) is 0 Å². The molecule has 0 spiro atoms. The van der Waals surface area contributed by atoms with Gasteiger partial charge < -0.3 is 15.0 Å². The number of rotatable bonds is 9. The fourth-order valence-electron chi connectivity index (χ4n) is 3.26. The van der Waals surface area contributed by atoms with Gasteiger partial charge in [-0.2, -0.15) is 0 Å². The topological polar surface area (TPSA) is 87.7 Å². The molecule has 2 N–H and O–H groups in total. The number of benzene rings is 1. The quantitative estimate of drug-likeness (QED) is 0.614. The normalized spacial score (nSPS) is 18.6. The molecule has 1 amide bonds. The second-order valence-corrected chi connectivity index (χ2v) is 9.10. The van der Waals surface area contributed by atoms with Crippen LogP contribution in [0.25, 0.3) is 0 Å². The van der Waals surface area contributed by atoms with E-state index < -0.39 is 10.0 Å². The Balaban J connectivity index is 1.51. The number of hydrogen-bond acceptors (Lipinski definition) is 5. The fourth-order valence-corrected chi connectivity index (χ4v) is 4.28. The van der Waals surface area contributed by atoms with Gasteiger partial charge >= 0.3 is 0 Å². The van der Waals surface area contributed by atoms with E-state index in [0.29, 0.717) is 18.2 Å². The van der Waals surface area contributed by atoms with E-state index in [-0.39, 0.29) is 17.3 Å². The molecule has 2 aliphatic rings. The van der Waals surface area contributed by atoms with Crippen molar-refractivity contribution in [1.82, 2.24) is 14.9 Å². The number of hydrogen-bond donors (Lipinski definition) is 2. The van der Waals surface area contributed by atoms with Crippen LogP contribution in [0.15, 0.2) is 29.2 Å². The van der Waals surface area contributed by atoms with Crippen LogP contribution in [-0.2, 0) is 14.8 Å². The van der Waals surface area contributed by atoms with Crippen molar-refractivity contribution in [3.05, 3.63) is 29.8 Å². The number of methoxy groups -OCH3 is 1. The predicted molar refractivity (Wildman–Crippen MR) is 103 cm³/mol. The number of carbonyl (C=O) groups is 1. The lowest BCUT2D eigenvalue weighted by atomic mass is 10.0. The van der Waals surface area contributed by atoms with E-state index in [0.717, 1.165) is 38.4 Å². The molecule has 7 nitrogen and oxygen atoms in total. The third-order valence-electron chi connectivity index (χ3n) is 5.18. The Kier molecular flexibility index (Phi) is 6.86. The highest BCUT2D eigenvalue weighted by Gasteiger charge is 2.26. The van der Waals surface area contributed by atoms with E-state index in [2.05, 4.69) is 10.0 Å². The van der Waals surface area contributed by atoms with E-state index in [9.17, 15) is 13.2 Å². The van der Waals surface area contributed by atoms with Crippen molar-refractivity contribution in [2.24, 2.45) is 5.92 Å². The molecule has 2 fully saturated rings. The van der Waals surface area contributed by atoms with E-state index in [4.69, 9.17) is 4.74 Å². The largest absolute Gasteiger partial charge is 0.383 e. The van der Waals surface area contributed by atoms with Gasteiger partial charge in [-0.15, -0.1) is 0 Å². The number of likely N-dealkylation sites (tertiary alicyclic amines) is 1. The average Bonchev–Trinajstić information content (AvgIpc) is 3.51. The Bertz CT molecular complexity index is 724. The molecule has 3 rings (SSSR count). The first kappa shape index (κ1) is 20.3. The summed E-state index contributed by atoms with van der Waals surface area (Å²) < 4.78 is 31.7. The summed E-state index contributed by atoms with van der Waals surface area (Å²) in [6, 6.07) is 6.63. The van der Waals surface area contributed by atoms with Crippen LogP contribution in [0, 0.1) is 5.92 Å². The van der Waals surface area contributed by atoms with Crippen molar-refractivity contribution in [2.45, 2.75) is 36.6 Å². The van der Waals surface area contributed by atoms with Gasteiger partial charge in [-0.3, -0.25) is 4.79 Å². The molecule has 0 unspecified atom stereocenters. The monoisotopic (exact) mass is 395 g/mol. The lowest BCUT2D eigenvalue weighted by Crippen LogP contribution is -2.45. The molecule has 0 atom stereocenters. The highest BCUT2D eigenvalue weighted by Crippen LogP contribution is 2.28. The predicted octanol–water partition coefficient (Wildman–Crippen LogP) is 1.22. The zero-order valence-electron chi connectivity index (χ0n) is 15.8. The summed E-state index contributed by atoms with van der Waals surface area (Å²) in [6.45, 7) is 3.09. The summed E-state index contributed by atoms with van der Waals surface area (Å²) in [6.07, 6.45) is 4.62. The highest BCUT2D eigenvalue weighted by molar-refractivity contribution is 7.89. The van der Waals surface area contributed by atoms with E-state index in [1.165, 1.54) is 32.1 Å². The molecule has 1 aliphatic heterocycles. The molecule has 1 aliphatic carbocycles. The standard InChI is InChI=1S/C19H29N3O4S/c1-26-13-10-21-27(24,25)18-6-4-16(5-7-18)19(23)22-11-8-17(9-12-22)20-14-15-2-3-15/h4-7,15,17,20-21H,2-3,8-14H2,1H3.